The van der Waals surface area contributed by atoms with Crippen LogP contribution in [0.15, 0.2) is 35.9 Å². The molecule has 0 spiro atoms. The van der Waals surface area contributed by atoms with Gasteiger partial charge in [-0.25, -0.2) is 0 Å². The van der Waals surface area contributed by atoms with Crippen LogP contribution in [0.3, 0.4) is 0 Å². The molecule has 0 saturated heterocycles. The second kappa shape index (κ2) is 9.51. The Morgan fingerprint density at radius 3 is 2.41 bits per heavy atom. The Morgan fingerprint density at radius 1 is 1.28 bits per heavy atom. The highest BCUT2D eigenvalue weighted by Gasteiger charge is 2.37. The average molecular weight is 403 g/mol. The van der Waals surface area contributed by atoms with E-state index in [0.29, 0.717) is 16.7 Å². The van der Waals surface area contributed by atoms with Gasteiger partial charge in [0.15, 0.2) is 6.29 Å². The minimum absolute atomic E-state index is 0.155. The molecule has 1 aromatic carbocycles. The maximum absolute atomic E-state index is 12.1. The molecule has 0 saturated carbocycles. The molecule has 1 aliphatic heterocycles. The summed E-state index contributed by atoms with van der Waals surface area (Å²) < 4.78 is 16.7. The molecule has 0 radical (unpaired) electrons. The van der Waals surface area contributed by atoms with Crippen molar-refractivity contribution < 1.29 is 29.2 Å². The molecule has 1 aliphatic rings. The molecule has 0 fully saturated rings. The third kappa shape index (κ3) is 6.12. The van der Waals surface area contributed by atoms with Crippen molar-refractivity contribution >= 4 is 5.97 Å². The topological polar surface area (TPSA) is 109 Å². The zero-order valence-electron chi connectivity index (χ0n) is 17.5. The van der Waals surface area contributed by atoms with Gasteiger partial charge in [-0.15, -0.1) is 0 Å². The number of nitriles is 1. The van der Waals surface area contributed by atoms with E-state index >= 15 is 0 Å². The summed E-state index contributed by atoms with van der Waals surface area (Å²) in [6.45, 7) is 8.71. The summed E-state index contributed by atoms with van der Waals surface area (Å²) in [6, 6.07) is 8.46. The molecule has 7 heteroatoms. The first kappa shape index (κ1) is 23.0. The number of esters is 1. The van der Waals surface area contributed by atoms with Crippen LogP contribution in [-0.4, -0.2) is 47.4 Å². The molecular weight excluding hydrogens is 374 g/mol. The predicted octanol–water partition coefficient (Wildman–Crippen LogP) is 2.62. The number of hydrogen-bond donors (Lipinski definition) is 2. The minimum Gasteiger partial charge on any atom is -0.462 e. The highest BCUT2D eigenvalue weighted by Crippen LogP contribution is 2.32. The molecule has 2 N–H and O–H groups in total. The lowest BCUT2D eigenvalue weighted by Crippen LogP contribution is -2.45. The monoisotopic (exact) mass is 403 g/mol. The number of aliphatic hydroxyl groups is 2. The Hall–Kier alpha value is -2.24. The summed E-state index contributed by atoms with van der Waals surface area (Å²) in [5, 5.41) is 30.5. The third-order valence-electron chi connectivity index (χ3n) is 4.40. The lowest BCUT2D eigenvalue weighted by Gasteiger charge is -2.36. The Bertz CT molecular complexity index is 772. The van der Waals surface area contributed by atoms with Crippen LogP contribution in [-0.2, 0) is 19.0 Å². The molecule has 0 unspecified atom stereocenters. The van der Waals surface area contributed by atoms with E-state index in [1.807, 2.05) is 19.9 Å². The SMILES string of the molecule is CC(C)O[C@@H]1C=C([C@H](O)c2ccc(C#N)cc2)[C@H](O)[C@@H](COC(=O)C(C)(C)C)O1. The average Bonchev–Trinajstić information content (AvgIpc) is 2.66. The van der Waals surface area contributed by atoms with Gasteiger partial charge in [-0.3, -0.25) is 4.79 Å². The van der Waals surface area contributed by atoms with Crippen molar-refractivity contribution in [3.05, 3.63) is 47.0 Å². The van der Waals surface area contributed by atoms with Gasteiger partial charge < -0.3 is 24.4 Å². The van der Waals surface area contributed by atoms with Crippen molar-refractivity contribution in [2.24, 2.45) is 5.41 Å². The van der Waals surface area contributed by atoms with Crippen molar-refractivity contribution in [2.75, 3.05) is 6.61 Å². The molecule has 1 aromatic rings. The quantitative estimate of drug-likeness (QED) is 0.555. The molecule has 0 aromatic heterocycles. The number of ether oxygens (including phenoxy) is 3. The smallest absolute Gasteiger partial charge is 0.311 e. The van der Waals surface area contributed by atoms with E-state index in [9.17, 15) is 15.0 Å². The van der Waals surface area contributed by atoms with Crippen LogP contribution in [0, 0.1) is 16.7 Å². The van der Waals surface area contributed by atoms with Gasteiger partial charge in [0.05, 0.1) is 23.2 Å². The Labute approximate surface area is 171 Å². The van der Waals surface area contributed by atoms with Crippen LogP contribution in [0.5, 0.6) is 0 Å². The highest BCUT2D eigenvalue weighted by molar-refractivity contribution is 5.75. The Balaban J connectivity index is 2.23. The van der Waals surface area contributed by atoms with E-state index in [1.165, 1.54) is 6.08 Å². The number of benzene rings is 1. The van der Waals surface area contributed by atoms with Crippen molar-refractivity contribution in [3.63, 3.8) is 0 Å². The van der Waals surface area contributed by atoms with Crippen LogP contribution >= 0.6 is 0 Å². The number of hydrogen-bond acceptors (Lipinski definition) is 7. The first-order chi connectivity index (χ1) is 13.5. The van der Waals surface area contributed by atoms with Crippen LogP contribution in [0.2, 0.25) is 0 Å². The molecule has 1 heterocycles. The maximum Gasteiger partial charge on any atom is 0.311 e. The molecule has 0 aliphatic carbocycles. The summed E-state index contributed by atoms with van der Waals surface area (Å²) >= 11 is 0. The first-order valence-corrected chi connectivity index (χ1v) is 9.59. The summed E-state index contributed by atoms with van der Waals surface area (Å²) in [5.74, 6) is -0.418. The molecule has 4 atom stereocenters. The zero-order chi connectivity index (χ0) is 21.8. The van der Waals surface area contributed by atoms with E-state index < -0.39 is 36.0 Å². The number of carbonyl (C=O) groups excluding carboxylic acids is 1. The lowest BCUT2D eigenvalue weighted by atomic mass is 9.92. The van der Waals surface area contributed by atoms with Crippen LogP contribution in [0.4, 0.5) is 0 Å². The normalized spacial score (nSPS) is 23.3. The van der Waals surface area contributed by atoms with Crippen molar-refractivity contribution in [2.45, 2.75) is 65.3 Å². The van der Waals surface area contributed by atoms with E-state index in [1.54, 1.807) is 45.0 Å². The van der Waals surface area contributed by atoms with Gasteiger partial charge in [-0.05, 0) is 64.0 Å². The van der Waals surface area contributed by atoms with Crippen molar-refractivity contribution in [1.82, 2.24) is 0 Å². The molecule has 29 heavy (non-hydrogen) atoms. The second-order valence-corrected chi connectivity index (χ2v) is 8.32. The molecule has 0 bridgehead atoms. The fraction of sp³-hybridized carbons (Fsp3) is 0.545. The van der Waals surface area contributed by atoms with Gasteiger partial charge in [0.2, 0.25) is 0 Å². The first-order valence-electron chi connectivity index (χ1n) is 9.59. The predicted molar refractivity (Wildman–Crippen MR) is 106 cm³/mol. The molecule has 2 rings (SSSR count). The van der Waals surface area contributed by atoms with Crippen LogP contribution < -0.4 is 0 Å². The third-order valence-corrected chi connectivity index (χ3v) is 4.40. The molecule has 0 amide bonds. The van der Waals surface area contributed by atoms with Gasteiger partial charge in [0.1, 0.15) is 24.9 Å². The largest absolute Gasteiger partial charge is 0.462 e. The van der Waals surface area contributed by atoms with Gasteiger partial charge in [-0.1, -0.05) is 12.1 Å². The summed E-state index contributed by atoms with van der Waals surface area (Å²) in [4.78, 5) is 12.1. The molecular formula is C22H29NO6. The fourth-order valence-electron chi connectivity index (χ4n) is 2.79. The summed E-state index contributed by atoms with van der Waals surface area (Å²) in [6.07, 6.45) is -2.63. The number of nitrogens with zero attached hydrogens (tertiary/aromatic N) is 1. The van der Waals surface area contributed by atoms with Crippen molar-refractivity contribution in [3.8, 4) is 6.07 Å². The van der Waals surface area contributed by atoms with Gasteiger partial charge in [0.25, 0.3) is 0 Å². The summed E-state index contributed by atoms with van der Waals surface area (Å²) in [5.41, 5.74) is 0.595. The lowest BCUT2D eigenvalue weighted by molar-refractivity contribution is -0.205. The Morgan fingerprint density at radius 2 is 1.90 bits per heavy atom. The van der Waals surface area contributed by atoms with Gasteiger partial charge in [0, 0.05) is 0 Å². The van der Waals surface area contributed by atoms with Gasteiger partial charge in [-0.2, -0.15) is 5.26 Å². The fourth-order valence-corrected chi connectivity index (χ4v) is 2.79. The van der Waals surface area contributed by atoms with Crippen molar-refractivity contribution in [1.29, 1.82) is 5.26 Å². The van der Waals surface area contributed by atoms with E-state index in [4.69, 9.17) is 19.5 Å². The number of carbonyl (C=O) groups is 1. The summed E-state index contributed by atoms with van der Waals surface area (Å²) in [7, 11) is 0. The standard InChI is InChI=1S/C22H29NO6/c1-13(2)28-18-10-16(19(24)15-8-6-14(11-23)7-9-15)20(25)17(29-18)12-27-21(26)22(3,4)5/h6-10,13,17-20,24-25H,12H2,1-5H3/t17-,18+,19-,20+/m1/s1. The number of rotatable bonds is 6. The van der Waals surface area contributed by atoms with Gasteiger partial charge >= 0.3 is 5.97 Å². The van der Waals surface area contributed by atoms with E-state index in [-0.39, 0.29) is 12.7 Å². The number of aliphatic hydroxyl groups excluding tert-OH is 2. The maximum atomic E-state index is 12.1. The Kier molecular flexibility index (Phi) is 7.55. The molecule has 158 valence electrons. The van der Waals surface area contributed by atoms with Crippen LogP contribution in [0.25, 0.3) is 0 Å². The second-order valence-electron chi connectivity index (χ2n) is 8.32. The van der Waals surface area contributed by atoms with E-state index in [0.717, 1.165) is 0 Å². The van der Waals surface area contributed by atoms with Crippen LogP contribution in [0.1, 0.15) is 51.8 Å². The minimum atomic E-state index is -1.19. The highest BCUT2D eigenvalue weighted by atomic mass is 16.7. The van der Waals surface area contributed by atoms with E-state index in [2.05, 4.69) is 0 Å². The zero-order valence-corrected chi connectivity index (χ0v) is 17.5. The molecule has 7 nitrogen and oxygen atoms in total.